The molecule has 0 aliphatic heterocycles. The van der Waals surface area contributed by atoms with Gasteiger partial charge in [-0.2, -0.15) is 0 Å². The number of unbranched alkanes of at least 4 members (excludes halogenated alkanes) is 1. The summed E-state index contributed by atoms with van der Waals surface area (Å²) in [6.07, 6.45) is 4.11. The first-order valence-electron chi connectivity index (χ1n) is 10.8. The third-order valence-corrected chi connectivity index (χ3v) is 11.9. The van der Waals surface area contributed by atoms with Gasteiger partial charge in [0.1, 0.15) is 6.61 Å². The molecule has 0 heterocycles. The number of hydrogen-bond donors (Lipinski definition) is 0. The van der Waals surface area contributed by atoms with Crippen molar-refractivity contribution < 1.29 is 27.9 Å². The molecule has 0 amide bonds. The Morgan fingerprint density at radius 1 is 0.828 bits per heavy atom. The molecule has 0 rings (SSSR count). The summed E-state index contributed by atoms with van der Waals surface area (Å²) in [5.74, 6) is -0.739. The van der Waals surface area contributed by atoms with Crippen molar-refractivity contribution in [3.05, 3.63) is 12.2 Å². The van der Waals surface area contributed by atoms with Crippen LogP contribution in [0.5, 0.6) is 0 Å². The van der Waals surface area contributed by atoms with E-state index in [2.05, 4.69) is 39.7 Å². The van der Waals surface area contributed by atoms with Gasteiger partial charge < -0.3 is 18.3 Å². The lowest BCUT2D eigenvalue weighted by molar-refractivity contribution is -0.147. The Morgan fingerprint density at radius 3 is 2.03 bits per heavy atom. The zero-order valence-electron chi connectivity index (χ0n) is 19.4. The first kappa shape index (κ1) is 28.0. The van der Waals surface area contributed by atoms with Gasteiger partial charge in [-0.1, -0.05) is 26.3 Å². The monoisotopic (exact) mass is 446 g/mol. The summed E-state index contributed by atoms with van der Waals surface area (Å²) >= 11 is 0. The second kappa shape index (κ2) is 14.9. The maximum absolute atomic E-state index is 11.6. The number of carbonyl (C=O) groups excluding carboxylic acids is 2. The van der Waals surface area contributed by atoms with E-state index in [1.807, 2.05) is 0 Å². The van der Waals surface area contributed by atoms with Crippen molar-refractivity contribution in [3.8, 4) is 0 Å². The normalized spacial score (nSPS) is 11.9. The van der Waals surface area contributed by atoms with Gasteiger partial charge >= 0.3 is 11.9 Å². The van der Waals surface area contributed by atoms with Crippen molar-refractivity contribution in [2.75, 3.05) is 26.4 Å². The lowest BCUT2D eigenvalue weighted by atomic mass is 10.3. The first-order chi connectivity index (χ1) is 13.5. The Kier molecular flexibility index (Phi) is 14.4. The van der Waals surface area contributed by atoms with Crippen LogP contribution >= 0.6 is 0 Å². The van der Waals surface area contributed by atoms with Crippen molar-refractivity contribution in [2.45, 2.75) is 84.2 Å². The van der Waals surface area contributed by atoms with Gasteiger partial charge in [0.15, 0.2) is 16.6 Å². The molecule has 0 N–H and O–H groups in total. The van der Waals surface area contributed by atoms with Gasteiger partial charge in [0.2, 0.25) is 0 Å². The summed E-state index contributed by atoms with van der Waals surface area (Å²) in [6.45, 7) is 18.0. The summed E-state index contributed by atoms with van der Waals surface area (Å²) in [7, 11) is -3.20. The highest BCUT2D eigenvalue weighted by molar-refractivity contribution is 6.84. The lowest BCUT2D eigenvalue weighted by Crippen LogP contribution is -2.44. The Morgan fingerprint density at radius 2 is 1.45 bits per heavy atom. The third-order valence-electron chi connectivity index (χ3n) is 4.35. The van der Waals surface area contributed by atoms with Gasteiger partial charge in [-0.05, 0) is 58.0 Å². The van der Waals surface area contributed by atoms with Crippen molar-refractivity contribution >= 4 is 28.6 Å². The molecule has 0 bridgehead atoms. The average molecular weight is 447 g/mol. The second-order valence-corrected chi connectivity index (χ2v) is 17.5. The van der Waals surface area contributed by atoms with Crippen molar-refractivity contribution in [1.29, 1.82) is 0 Å². The van der Waals surface area contributed by atoms with Crippen LogP contribution in [0.1, 0.15) is 46.0 Å². The topological polar surface area (TPSA) is 71.1 Å². The molecule has 0 unspecified atom stereocenters. The molecule has 0 fully saturated rings. The molecule has 0 aromatic rings. The number of hydrogen-bond acceptors (Lipinski definition) is 6. The first-order valence-corrected chi connectivity index (χ1v) is 17.0. The quantitative estimate of drug-likeness (QED) is 0.135. The van der Waals surface area contributed by atoms with Gasteiger partial charge in [0.25, 0.3) is 0 Å². The molecule has 0 aliphatic carbocycles. The highest BCUT2D eigenvalue weighted by Crippen LogP contribution is 2.24. The van der Waals surface area contributed by atoms with Crippen LogP contribution < -0.4 is 0 Å². The SMILES string of the molecule is C=C(C)C(=O)OCCCC(=O)OCCOCCC[Si](C)(C)O[Si](C)(C)CCCC. The van der Waals surface area contributed by atoms with Crippen LogP contribution in [0.15, 0.2) is 12.2 Å². The van der Waals surface area contributed by atoms with Gasteiger partial charge in [0.05, 0.1) is 13.2 Å². The molecular formula is C21H42O6Si2. The van der Waals surface area contributed by atoms with E-state index in [4.69, 9.17) is 18.3 Å². The fourth-order valence-electron chi connectivity index (χ4n) is 2.95. The van der Waals surface area contributed by atoms with E-state index < -0.39 is 22.6 Å². The molecule has 29 heavy (non-hydrogen) atoms. The smallest absolute Gasteiger partial charge is 0.333 e. The number of esters is 2. The highest BCUT2D eigenvalue weighted by atomic mass is 28.4. The second-order valence-electron chi connectivity index (χ2n) is 8.68. The van der Waals surface area contributed by atoms with Gasteiger partial charge in [-0.3, -0.25) is 4.79 Å². The minimum Gasteiger partial charge on any atom is -0.463 e. The van der Waals surface area contributed by atoms with E-state index in [1.54, 1.807) is 6.92 Å². The predicted molar refractivity (Wildman–Crippen MR) is 122 cm³/mol. The van der Waals surface area contributed by atoms with Crippen LogP contribution in [-0.4, -0.2) is 55.0 Å². The minimum atomic E-state index is -1.65. The standard InChI is InChI=1S/C21H42O6Si2/c1-8-9-17-28(4,5)27-29(6,7)18-11-13-24-15-16-25-20(22)12-10-14-26-21(23)19(2)3/h2,8-18H2,1,3-7H3. The summed E-state index contributed by atoms with van der Waals surface area (Å²) in [5, 5.41) is 0. The zero-order chi connectivity index (χ0) is 22.3. The highest BCUT2D eigenvalue weighted by Gasteiger charge is 2.31. The third kappa shape index (κ3) is 16.5. The van der Waals surface area contributed by atoms with E-state index in [1.165, 1.54) is 18.9 Å². The van der Waals surface area contributed by atoms with Crippen LogP contribution in [0, 0.1) is 0 Å². The fourth-order valence-corrected chi connectivity index (χ4v) is 11.9. The van der Waals surface area contributed by atoms with Gasteiger partial charge in [-0.15, -0.1) is 0 Å². The number of rotatable bonds is 17. The summed E-state index contributed by atoms with van der Waals surface area (Å²) in [6, 6.07) is 2.32. The molecule has 8 heteroatoms. The van der Waals surface area contributed by atoms with Crippen LogP contribution in [0.25, 0.3) is 0 Å². The molecular weight excluding hydrogens is 404 g/mol. The number of ether oxygens (including phenoxy) is 3. The molecule has 0 radical (unpaired) electrons. The van der Waals surface area contributed by atoms with Crippen LogP contribution in [0.2, 0.25) is 38.3 Å². The molecule has 0 aromatic carbocycles. The van der Waals surface area contributed by atoms with Crippen molar-refractivity contribution in [3.63, 3.8) is 0 Å². The Balaban J connectivity index is 3.72. The van der Waals surface area contributed by atoms with E-state index >= 15 is 0 Å². The molecule has 0 aliphatic rings. The van der Waals surface area contributed by atoms with Crippen LogP contribution in [0.4, 0.5) is 0 Å². The Hall–Kier alpha value is -0.966. The van der Waals surface area contributed by atoms with E-state index in [0.717, 1.165) is 12.5 Å². The number of carbonyl (C=O) groups is 2. The van der Waals surface area contributed by atoms with Gasteiger partial charge in [-0.25, -0.2) is 4.79 Å². The largest absolute Gasteiger partial charge is 0.463 e. The molecule has 0 saturated heterocycles. The van der Waals surface area contributed by atoms with E-state index in [0.29, 0.717) is 25.2 Å². The van der Waals surface area contributed by atoms with Gasteiger partial charge in [0, 0.05) is 18.6 Å². The maximum atomic E-state index is 11.6. The lowest BCUT2D eigenvalue weighted by Gasteiger charge is -2.34. The minimum absolute atomic E-state index is 0.192. The Bertz CT molecular complexity index is 505. The van der Waals surface area contributed by atoms with E-state index in [9.17, 15) is 9.59 Å². The van der Waals surface area contributed by atoms with E-state index in [-0.39, 0.29) is 25.6 Å². The molecule has 0 spiro atoms. The van der Waals surface area contributed by atoms with Crippen molar-refractivity contribution in [2.24, 2.45) is 0 Å². The predicted octanol–water partition coefficient (Wildman–Crippen LogP) is 5.06. The zero-order valence-corrected chi connectivity index (χ0v) is 21.4. The summed E-state index contributed by atoms with van der Waals surface area (Å²) < 4.78 is 22.2. The van der Waals surface area contributed by atoms with Crippen LogP contribution in [-0.2, 0) is 27.9 Å². The fraction of sp³-hybridized carbons (Fsp3) is 0.810. The Labute approximate surface area is 179 Å². The molecule has 6 nitrogen and oxygen atoms in total. The summed E-state index contributed by atoms with van der Waals surface area (Å²) in [5.41, 5.74) is 0.352. The molecule has 170 valence electrons. The molecule has 0 aromatic heterocycles. The summed E-state index contributed by atoms with van der Waals surface area (Å²) in [4.78, 5) is 22.8. The average Bonchev–Trinajstić information content (AvgIpc) is 2.61. The maximum Gasteiger partial charge on any atom is 0.333 e. The van der Waals surface area contributed by atoms with Crippen LogP contribution in [0.3, 0.4) is 0 Å². The molecule has 0 atom stereocenters. The molecule has 0 saturated carbocycles. The van der Waals surface area contributed by atoms with Crippen molar-refractivity contribution in [1.82, 2.24) is 0 Å².